The summed E-state index contributed by atoms with van der Waals surface area (Å²) in [5, 5.41) is 3.61. The molecule has 92 valence electrons. The summed E-state index contributed by atoms with van der Waals surface area (Å²) < 4.78 is 0. The van der Waals surface area contributed by atoms with Gasteiger partial charge in [0.05, 0.1) is 0 Å². The van der Waals surface area contributed by atoms with Gasteiger partial charge in [0, 0.05) is 18.0 Å². The first-order chi connectivity index (χ1) is 8.81. The Morgan fingerprint density at radius 1 is 0.889 bits per heavy atom. The predicted molar refractivity (Wildman–Crippen MR) is 75.7 cm³/mol. The molecule has 2 aromatic carbocycles. The van der Waals surface area contributed by atoms with Crippen LogP contribution in [0.4, 0.5) is 0 Å². The minimum atomic E-state index is 0.141. The van der Waals surface area contributed by atoms with E-state index in [9.17, 15) is 0 Å². The Morgan fingerprint density at radius 2 is 1.39 bits per heavy atom. The molecule has 0 unspecified atom stereocenters. The Kier molecular flexibility index (Phi) is 2.92. The molecular weight excluding hydrogens is 218 g/mol. The summed E-state index contributed by atoms with van der Waals surface area (Å²) in [5.41, 5.74) is 2.99. The highest BCUT2D eigenvalue weighted by Gasteiger charge is 2.40. The quantitative estimate of drug-likeness (QED) is 0.844. The first-order valence-corrected chi connectivity index (χ1v) is 6.66. The molecule has 1 nitrogen and oxygen atoms in total. The van der Waals surface area contributed by atoms with Gasteiger partial charge >= 0.3 is 0 Å². The van der Waals surface area contributed by atoms with Crippen LogP contribution in [0.2, 0.25) is 0 Å². The lowest BCUT2D eigenvalue weighted by Gasteiger charge is -2.30. The number of nitrogens with one attached hydrogen (secondary N) is 1. The summed E-state index contributed by atoms with van der Waals surface area (Å²) in [6.45, 7) is 3.30. The lowest BCUT2D eigenvalue weighted by molar-refractivity contribution is 0.555. The van der Waals surface area contributed by atoms with Gasteiger partial charge in [-0.1, -0.05) is 60.7 Å². The van der Waals surface area contributed by atoms with E-state index in [-0.39, 0.29) is 5.41 Å². The molecule has 0 aromatic heterocycles. The Hall–Kier alpha value is -1.60. The van der Waals surface area contributed by atoms with E-state index in [1.807, 2.05) is 0 Å². The third-order valence-corrected chi connectivity index (χ3v) is 4.06. The molecule has 0 saturated carbocycles. The van der Waals surface area contributed by atoms with Crippen molar-refractivity contribution >= 4 is 0 Å². The first kappa shape index (κ1) is 11.5. The molecule has 0 spiro atoms. The normalized spacial score (nSPS) is 21.9. The highest BCUT2D eigenvalue weighted by atomic mass is 15.0. The van der Waals surface area contributed by atoms with Crippen LogP contribution >= 0.6 is 0 Å². The lowest BCUT2D eigenvalue weighted by Crippen LogP contribution is -2.30. The summed E-state index contributed by atoms with van der Waals surface area (Å²) in [5.74, 6) is 0. The van der Waals surface area contributed by atoms with E-state index >= 15 is 0 Å². The summed E-state index contributed by atoms with van der Waals surface area (Å²) in [6.07, 6.45) is 1.17. The van der Waals surface area contributed by atoms with Gasteiger partial charge in [0.25, 0.3) is 0 Å². The topological polar surface area (TPSA) is 12.0 Å². The van der Waals surface area contributed by atoms with Gasteiger partial charge in [-0.2, -0.15) is 0 Å². The fourth-order valence-corrected chi connectivity index (χ4v) is 3.14. The van der Waals surface area contributed by atoms with E-state index in [2.05, 4.69) is 72.9 Å². The third-order valence-electron chi connectivity index (χ3n) is 4.06. The maximum Gasteiger partial charge on any atom is 0.0342 e. The molecule has 0 bridgehead atoms. The smallest absolute Gasteiger partial charge is 0.0342 e. The van der Waals surface area contributed by atoms with E-state index in [1.54, 1.807) is 0 Å². The fraction of sp³-hybridized carbons (Fsp3) is 0.294. The molecule has 18 heavy (non-hydrogen) atoms. The van der Waals surface area contributed by atoms with Crippen molar-refractivity contribution in [2.45, 2.75) is 24.8 Å². The van der Waals surface area contributed by atoms with E-state index in [0.29, 0.717) is 6.04 Å². The maximum absolute atomic E-state index is 3.61. The van der Waals surface area contributed by atoms with E-state index < -0.39 is 0 Å². The van der Waals surface area contributed by atoms with Gasteiger partial charge in [0.15, 0.2) is 0 Å². The summed E-state index contributed by atoms with van der Waals surface area (Å²) in [6, 6.07) is 22.4. The molecule has 2 aromatic rings. The molecule has 0 radical (unpaired) electrons. The average Bonchev–Trinajstić information content (AvgIpc) is 2.84. The molecule has 1 heteroatoms. The number of benzene rings is 2. The Bertz CT molecular complexity index is 464. The number of rotatable bonds is 2. The highest BCUT2D eigenvalue weighted by molar-refractivity contribution is 5.41. The molecule has 1 saturated heterocycles. The van der Waals surface area contributed by atoms with Gasteiger partial charge in [-0.25, -0.2) is 0 Å². The second-order valence-electron chi connectivity index (χ2n) is 5.30. The van der Waals surface area contributed by atoms with Crippen LogP contribution < -0.4 is 5.32 Å². The molecule has 1 fully saturated rings. The van der Waals surface area contributed by atoms with Gasteiger partial charge in [0.2, 0.25) is 0 Å². The van der Waals surface area contributed by atoms with Crippen molar-refractivity contribution in [3.63, 3.8) is 0 Å². The van der Waals surface area contributed by atoms with Gasteiger partial charge in [-0.05, 0) is 24.5 Å². The summed E-state index contributed by atoms with van der Waals surface area (Å²) >= 11 is 0. The van der Waals surface area contributed by atoms with Crippen LogP contribution in [0, 0.1) is 0 Å². The minimum Gasteiger partial charge on any atom is -0.313 e. The molecule has 0 aliphatic carbocycles. The van der Waals surface area contributed by atoms with Crippen molar-refractivity contribution < 1.29 is 0 Å². The number of hydrogen-bond acceptors (Lipinski definition) is 1. The standard InChI is InChI=1S/C17H19N/c1-14-12-17(13-18-14,15-8-4-2-5-9-15)16-10-6-3-7-11-16/h2-11,14,18H,12-13H2,1H3/t14-/m0/s1. The van der Waals surface area contributed by atoms with Gasteiger partial charge in [-0.15, -0.1) is 0 Å². The van der Waals surface area contributed by atoms with Crippen molar-refractivity contribution in [2.75, 3.05) is 6.54 Å². The fourth-order valence-electron chi connectivity index (χ4n) is 3.14. The monoisotopic (exact) mass is 237 g/mol. The molecule has 1 N–H and O–H groups in total. The van der Waals surface area contributed by atoms with Crippen LogP contribution in [0.25, 0.3) is 0 Å². The van der Waals surface area contributed by atoms with Crippen molar-refractivity contribution in [3.8, 4) is 0 Å². The van der Waals surface area contributed by atoms with Crippen LogP contribution in [0.1, 0.15) is 24.5 Å². The zero-order valence-corrected chi connectivity index (χ0v) is 10.8. The van der Waals surface area contributed by atoms with Gasteiger partial charge in [-0.3, -0.25) is 0 Å². The summed E-state index contributed by atoms with van der Waals surface area (Å²) in [4.78, 5) is 0. The molecule has 1 aliphatic heterocycles. The molecule has 1 aliphatic rings. The van der Waals surface area contributed by atoms with Crippen molar-refractivity contribution in [2.24, 2.45) is 0 Å². The summed E-state index contributed by atoms with van der Waals surface area (Å²) in [7, 11) is 0. The van der Waals surface area contributed by atoms with Crippen LogP contribution in [-0.4, -0.2) is 12.6 Å². The van der Waals surface area contributed by atoms with Crippen LogP contribution in [0.3, 0.4) is 0 Å². The van der Waals surface area contributed by atoms with Crippen LogP contribution in [0.15, 0.2) is 60.7 Å². The molecule has 1 atom stereocenters. The Morgan fingerprint density at radius 3 is 1.78 bits per heavy atom. The molecular formula is C17H19N. The van der Waals surface area contributed by atoms with Crippen molar-refractivity contribution in [3.05, 3.63) is 71.8 Å². The van der Waals surface area contributed by atoms with Crippen molar-refractivity contribution in [1.82, 2.24) is 5.32 Å². The Balaban J connectivity index is 2.11. The Labute approximate surface area is 109 Å². The average molecular weight is 237 g/mol. The molecule has 1 heterocycles. The minimum absolute atomic E-state index is 0.141. The number of hydrogen-bond donors (Lipinski definition) is 1. The largest absolute Gasteiger partial charge is 0.313 e. The zero-order valence-electron chi connectivity index (χ0n) is 10.8. The maximum atomic E-state index is 3.61. The molecule has 3 rings (SSSR count). The zero-order chi connectivity index (χ0) is 12.4. The lowest BCUT2D eigenvalue weighted by atomic mass is 9.73. The van der Waals surface area contributed by atoms with Crippen LogP contribution in [0.5, 0.6) is 0 Å². The van der Waals surface area contributed by atoms with Gasteiger partial charge in [0.1, 0.15) is 0 Å². The third kappa shape index (κ3) is 1.85. The second kappa shape index (κ2) is 4.58. The predicted octanol–water partition coefficient (Wildman–Crippen LogP) is 3.35. The van der Waals surface area contributed by atoms with Crippen molar-refractivity contribution in [1.29, 1.82) is 0 Å². The van der Waals surface area contributed by atoms with E-state index in [0.717, 1.165) is 6.54 Å². The first-order valence-electron chi connectivity index (χ1n) is 6.66. The highest BCUT2D eigenvalue weighted by Crippen LogP contribution is 2.39. The SMILES string of the molecule is C[C@H]1CC(c2ccccc2)(c2ccccc2)CN1. The molecule has 0 amide bonds. The van der Waals surface area contributed by atoms with Gasteiger partial charge < -0.3 is 5.32 Å². The van der Waals surface area contributed by atoms with E-state index in [1.165, 1.54) is 17.5 Å². The van der Waals surface area contributed by atoms with E-state index in [4.69, 9.17) is 0 Å². The van der Waals surface area contributed by atoms with Crippen LogP contribution in [-0.2, 0) is 5.41 Å². The second-order valence-corrected chi connectivity index (χ2v) is 5.30.